The molecule has 2 aliphatic heterocycles. The number of hydrogen-bond donors (Lipinski definition) is 1. The van der Waals surface area contributed by atoms with Gasteiger partial charge in [-0.1, -0.05) is 6.92 Å². The highest BCUT2D eigenvalue weighted by molar-refractivity contribution is 5.79. The first-order valence-electron chi connectivity index (χ1n) is 7.49. The number of fused-ring (bicyclic) bond motifs is 2. The summed E-state index contributed by atoms with van der Waals surface area (Å²) in [5.41, 5.74) is 0. The first-order valence-corrected chi connectivity index (χ1v) is 7.49. The molecule has 2 rings (SSSR count). The Morgan fingerprint density at radius 2 is 2.11 bits per heavy atom. The monoisotopic (exact) mass is 269 g/mol. The van der Waals surface area contributed by atoms with Crippen LogP contribution in [0.15, 0.2) is 0 Å². The molecule has 2 heterocycles. The number of hydrogen-bond acceptors (Lipinski definition) is 4. The molecule has 1 N–H and O–H groups in total. The third-order valence-corrected chi connectivity index (χ3v) is 4.36. The van der Waals surface area contributed by atoms with Crippen LogP contribution in [0.25, 0.3) is 0 Å². The fraction of sp³-hybridized carbons (Fsp3) is 0.929. The summed E-state index contributed by atoms with van der Waals surface area (Å²) < 4.78 is 4.98. The van der Waals surface area contributed by atoms with Crippen molar-refractivity contribution in [1.82, 2.24) is 15.1 Å². The maximum Gasteiger partial charge on any atom is 0.237 e. The number of carbonyl (C=O) groups is 1. The van der Waals surface area contributed by atoms with E-state index in [1.807, 2.05) is 0 Å². The summed E-state index contributed by atoms with van der Waals surface area (Å²) in [7, 11) is 1.68. The van der Waals surface area contributed by atoms with Gasteiger partial charge >= 0.3 is 0 Å². The second-order valence-electron chi connectivity index (χ2n) is 5.54. The number of likely N-dealkylation sites (tertiary alicyclic amines) is 1. The molecule has 0 aromatic heterocycles. The molecule has 0 radical (unpaired) electrons. The second-order valence-corrected chi connectivity index (χ2v) is 5.54. The Kier molecular flexibility index (Phi) is 5.60. The van der Waals surface area contributed by atoms with Crippen LogP contribution in [-0.2, 0) is 9.53 Å². The van der Waals surface area contributed by atoms with Gasteiger partial charge in [0.2, 0.25) is 5.91 Å². The van der Waals surface area contributed by atoms with Crippen LogP contribution >= 0.6 is 0 Å². The molecule has 0 spiro atoms. The predicted molar refractivity (Wildman–Crippen MR) is 75.1 cm³/mol. The van der Waals surface area contributed by atoms with Crippen LogP contribution < -0.4 is 5.32 Å². The Hall–Kier alpha value is -0.650. The van der Waals surface area contributed by atoms with Gasteiger partial charge < -0.3 is 19.9 Å². The molecule has 2 aliphatic rings. The number of amides is 1. The summed E-state index contributed by atoms with van der Waals surface area (Å²) in [6.07, 6.45) is 3.49. The summed E-state index contributed by atoms with van der Waals surface area (Å²) in [5.74, 6) is 0.265. The molecule has 2 atom stereocenters. The Bertz CT molecular complexity index is 298. The van der Waals surface area contributed by atoms with Crippen LogP contribution in [0, 0.1) is 0 Å². The number of carbonyl (C=O) groups excluding carboxylic acids is 1. The third-order valence-electron chi connectivity index (χ3n) is 4.36. The zero-order valence-electron chi connectivity index (χ0n) is 12.2. The first-order chi connectivity index (χ1) is 9.26. The lowest BCUT2D eigenvalue weighted by atomic mass is 10.1. The molecular formula is C14H27N3O2. The van der Waals surface area contributed by atoms with E-state index in [0.29, 0.717) is 25.2 Å². The second kappa shape index (κ2) is 7.22. The lowest BCUT2D eigenvalue weighted by molar-refractivity contribution is -0.132. The average Bonchev–Trinajstić information content (AvgIpc) is 2.70. The van der Waals surface area contributed by atoms with Crippen LogP contribution in [-0.4, -0.2) is 74.2 Å². The van der Waals surface area contributed by atoms with Crippen molar-refractivity contribution in [3.05, 3.63) is 0 Å². The summed E-state index contributed by atoms with van der Waals surface area (Å²) >= 11 is 0. The Balaban J connectivity index is 1.86. The Morgan fingerprint density at radius 1 is 1.32 bits per heavy atom. The lowest BCUT2D eigenvalue weighted by Gasteiger charge is -2.29. The minimum atomic E-state index is 0.265. The van der Waals surface area contributed by atoms with Crippen molar-refractivity contribution in [3.8, 4) is 0 Å². The Morgan fingerprint density at radius 3 is 2.84 bits per heavy atom. The largest absolute Gasteiger partial charge is 0.383 e. The molecule has 5 heteroatoms. The van der Waals surface area contributed by atoms with E-state index in [2.05, 4.69) is 22.0 Å². The molecule has 1 amide bonds. The zero-order chi connectivity index (χ0) is 13.7. The number of nitrogens with one attached hydrogen (secondary N) is 1. The zero-order valence-corrected chi connectivity index (χ0v) is 12.2. The van der Waals surface area contributed by atoms with E-state index >= 15 is 0 Å². The van der Waals surface area contributed by atoms with Crippen LogP contribution in [0.3, 0.4) is 0 Å². The molecule has 2 saturated heterocycles. The quantitative estimate of drug-likeness (QED) is 0.705. The molecule has 2 unspecified atom stereocenters. The molecule has 5 nitrogen and oxygen atoms in total. The molecule has 0 saturated carbocycles. The molecule has 0 aromatic rings. The van der Waals surface area contributed by atoms with E-state index in [0.717, 1.165) is 32.6 Å². The van der Waals surface area contributed by atoms with Crippen molar-refractivity contribution in [2.75, 3.05) is 46.4 Å². The minimum absolute atomic E-state index is 0.265. The van der Waals surface area contributed by atoms with E-state index in [4.69, 9.17) is 4.74 Å². The minimum Gasteiger partial charge on any atom is -0.383 e. The highest BCUT2D eigenvalue weighted by Crippen LogP contribution is 2.30. The van der Waals surface area contributed by atoms with Gasteiger partial charge in [-0.05, 0) is 25.8 Å². The SMILES string of the molecule is CCN1CCC2CCC(C1)N2C(=O)CNCCOC. The fourth-order valence-corrected chi connectivity index (χ4v) is 3.30. The number of nitrogens with zero attached hydrogens (tertiary/aromatic N) is 2. The van der Waals surface area contributed by atoms with E-state index in [1.54, 1.807) is 7.11 Å². The number of likely N-dealkylation sites (N-methyl/N-ethyl adjacent to an activating group) is 1. The molecular weight excluding hydrogens is 242 g/mol. The molecule has 2 bridgehead atoms. The van der Waals surface area contributed by atoms with Crippen LogP contribution in [0.2, 0.25) is 0 Å². The fourth-order valence-electron chi connectivity index (χ4n) is 3.30. The molecule has 19 heavy (non-hydrogen) atoms. The van der Waals surface area contributed by atoms with Gasteiger partial charge in [0, 0.05) is 38.8 Å². The standard InChI is InChI=1S/C14H27N3O2/c1-3-16-8-6-12-4-5-13(11-16)17(12)14(18)10-15-7-9-19-2/h12-13,15H,3-11H2,1-2H3. The van der Waals surface area contributed by atoms with Gasteiger partial charge in [0.15, 0.2) is 0 Å². The summed E-state index contributed by atoms with van der Waals surface area (Å²) in [5, 5.41) is 3.17. The van der Waals surface area contributed by atoms with Gasteiger partial charge in [-0.3, -0.25) is 4.79 Å². The van der Waals surface area contributed by atoms with Crippen molar-refractivity contribution in [2.24, 2.45) is 0 Å². The van der Waals surface area contributed by atoms with E-state index in [9.17, 15) is 4.79 Å². The summed E-state index contributed by atoms with van der Waals surface area (Å²) in [6, 6.07) is 0.905. The smallest absolute Gasteiger partial charge is 0.237 e. The molecule has 110 valence electrons. The van der Waals surface area contributed by atoms with E-state index in [-0.39, 0.29) is 5.91 Å². The van der Waals surface area contributed by atoms with E-state index < -0.39 is 0 Å². The van der Waals surface area contributed by atoms with Crippen molar-refractivity contribution in [3.63, 3.8) is 0 Å². The average molecular weight is 269 g/mol. The molecule has 2 fully saturated rings. The van der Waals surface area contributed by atoms with Crippen molar-refractivity contribution >= 4 is 5.91 Å². The predicted octanol–water partition coefficient (Wildman–Crippen LogP) is 0.308. The van der Waals surface area contributed by atoms with E-state index in [1.165, 1.54) is 12.8 Å². The van der Waals surface area contributed by atoms with Crippen LogP contribution in [0.5, 0.6) is 0 Å². The van der Waals surface area contributed by atoms with Crippen LogP contribution in [0.1, 0.15) is 26.2 Å². The van der Waals surface area contributed by atoms with Gasteiger partial charge in [0.05, 0.1) is 13.2 Å². The number of methoxy groups -OCH3 is 1. The van der Waals surface area contributed by atoms with Gasteiger partial charge in [0.25, 0.3) is 0 Å². The highest BCUT2D eigenvalue weighted by Gasteiger charge is 2.39. The van der Waals surface area contributed by atoms with Crippen molar-refractivity contribution in [1.29, 1.82) is 0 Å². The third kappa shape index (κ3) is 3.68. The van der Waals surface area contributed by atoms with Gasteiger partial charge in [-0.15, -0.1) is 0 Å². The first kappa shape index (κ1) is 14.8. The topological polar surface area (TPSA) is 44.8 Å². The Labute approximate surface area is 116 Å². The van der Waals surface area contributed by atoms with Gasteiger partial charge in [-0.2, -0.15) is 0 Å². The number of ether oxygens (including phenoxy) is 1. The van der Waals surface area contributed by atoms with Crippen molar-refractivity contribution < 1.29 is 9.53 Å². The molecule has 0 aromatic carbocycles. The summed E-state index contributed by atoms with van der Waals surface area (Å²) in [6.45, 7) is 7.34. The normalized spacial score (nSPS) is 27.6. The molecule has 0 aliphatic carbocycles. The summed E-state index contributed by atoms with van der Waals surface area (Å²) in [4.78, 5) is 17.0. The lowest BCUT2D eigenvalue weighted by Crippen LogP contribution is -2.47. The number of rotatable bonds is 6. The van der Waals surface area contributed by atoms with Crippen LogP contribution in [0.4, 0.5) is 0 Å². The van der Waals surface area contributed by atoms with Gasteiger partial charge in [0.1, 0.15) is 0 Å². The maximum absolute atomic E-state index is 12.4. The highest BCUT2D eigenvalue weighted by atomic mass is 16.5. The van der Waals surface area contributed by atoms with Gasteiger partial charge in [-0.25, -0.2) is 0 Å². The van der Waals surface area contributed by atoms with Crippen molar-refractivity contribution in [2.45, 2.75) is 38.3 Å². The maximum atomic E-state index is 12.4.